The minimum Gasteiger partial charge on any atom is -0.437 e. The van der Waals surface area contributed by atoms with Crippen molar-refractivity contribution in [2.24, 2.45) is 5.92 Å². The van der Waals surface area contributed by atoms with Crippen molar-refractivity contribution in [3.8, 4) is 0 Å². The zero-order valence-corrected chi connectivity index (χ0v) is 13.7. The largest absolute Gasteiger partial charge is 0.437 e. The summed E-state index contributed by atoms with van der Waals surface area (Å²) in [5.74, 6) is 0.480. The molecule has 24 heavy (non-hydrogen) atoms. The molecule has 3 rings (SSSR count). The average molecular weight is 328 g/mol. The first kappa shape index (κ1) is 16.7. The number of hydrogen-bond donors (Lipinski definition) is 2. The summed E-state index contributed by atoms with van der Waals surface area (Å²) in [5.41, 5.74) is 1.56. The fourth-order valence-electron chi connectivity index (χ4n) is 3.21. The van der Waals surface area contributed by atoms with Crippen LogP contribution in [-0.2, 0) is 0 Å². The smallest absolute Gasteiger partial charge is 0.373 e. The molecule has 0 saturated carbocycles. The third kappa shape index (κ3) is 3.65. The van der Waals surface area contributed by atoms with E-state index in [4.69, 9.17) is 0 Å². The number of nitrogens with one attached hydrogen (secondary N) is 1. The first-order valence-electron chi connectivity index (χ1n) is 8.24. The molecule has 2 aromatic rings. The molecule has 1 aromatic carbocycles. The molecule has 1 aromatic heterocycles. The predicted octanol–water partition coefficient (Wildman–Crippen LogP) is 2.06. The number of fused-ring (bicyclic) bond motifs is 1. The van der Waals surface area contributed by atoms with Gasteiger partial charge >= 0.3 is 7.05 Å². The van der Waals surface area contributed by atoms with E-state index in [-0.39, 0.29) is 10.6 Å². The van der Waals surface area contributed by atoms with Crippen LogP contribution in [0.3, 0.4) is 0 Å². The zero-order chi connectivity index (χ0) is 17.1. The van der Waals surface area contributed by atoms with Gasteiger partial charge in [0.25, 0.3) is 5.69 Å². The second kappa shape index (κ2) is 7.15. The Hall–Kier alpha value is -2.19. The van der Waals surface area contributed by atoms with Gasteiger partial charge in [-0.05, 0) is 44.3 Å². The SMILES string of the molecule is CB(O)NCC1CCN(c2cc3ncccc3cc2[N+](=O)[O-])CC1. The van der Waals surface area contributed by atoms with Crippen LogP contribution >= 0.6 is 0 Å². The van der Waals surface area contributed by atoms with Crippen molar-refractivity contribution in [1.29, 1.82) is 0 Å². The molecule has 8 heteroatoms. The van der Waals surface area contributed by atoms with Crippen molar-refractivity contribution >= 4 is 29.3 Å². The highest BCUT2D eigenvalue weighted by Gasteiger charge is 2.25. The van der Waals surface area contributed by atoms with Gasteiger partial charge in [-0.2, -0.15) is 0 Å². The van der Waals surface area contributed by atoms with E-state index in [1.54, 1.807) is 25.2 Å². The molecule has 2 N–H and O–H groups in total. The van der Waals surface area contributed by atoms with Crippen molar-refractivity contribution in [3.63, 3.8) is 0 Å². The number of aromatic nitrogens is 1. The van der Waals surface area contributed by atoms with Crippen LogP contribution in [0.15, 0.2) is 30.5 Å². The molecule has 2 heterocycles. The molecule has 1 fully saturated rings. The normalized spacial score (nSPS) is 15.7. The highest BCUT2D eigenvalue weighted by molar-refractivity contribution is 6.45. The van der Waals surface area contributed by atoms with Gasteiger partial charge in [0, 0.05) is 30.7 Å². The molecule has 0 aliphatic carbocycles. The number of rotatable bonds is 5. The minimum atomic E-state index is -0.504. The molecule has 0 bridgehead atoms. The monoisotopic (exact) mass is 328 g/mol. The van der Waals surface area contributed by atoms with Gasteiger partial charge in [0.1, 0.15) is 5.69 Å². The highest BCUT2D eigenvalue weighted by Crippen LogP contribution is 2.34. The number of piperidine rings is 1. The number of benzene rings is 1. The Kier molecular flexibility index (Phi) is 4.96. The van der Waals surface area contributed by atoms with Gasteiger partial charge in [0.15, 0.2) is 0 Å². The molecule has 0 unspecified atom stereocenters. The second-order valence-corrected chi connectivity index (χ2v) is 6.31. The van der Waals surface area contributed by atoms with E-state index < -0.39 is 7.05 Å². The lowest BCUT2D eigenvalue weighted by Crippen LogP contribution is -2.40. The highest BCUT2D eigenvalue weighted by atomic mass is 16.6. The molecule has 7 nitrogen and oxygen atoms in total. The Morgan fingerprint density at radius 2 is 2.21 bits per heavy atom. The topological polar surface area (TPSA) is 91.5 Å². The van der Waals surface area contributed by atoms with Crippen molar-refractivity contribution < 1.29 is 9.95 Å². The van der Waals surface area contributed by atoms with Gasteiger partial charge in [-0.15, -0.1) is 0 Å². The van der Waals surface area contributed by atoms with Crippen LogP contribution in [0.4, 0.5) is 11.4 Å². The summed E-state index contributed by atoms with van der Waals surface area (Å²) in [6, 6.07) is 7.06. The number of pyridine rings is 1. The molecule has 0 radical (unpaired) electrons. The van der Waals surface area contributed by atoms with E-state index in [0.29, 0.717) is 11.6 Å². The van der Waals surface area contributed by atoms with E-state index in [9.17, 15) is 15.1 Å². The molecular formula is C16H21BN4O3. The summed E-state index contributed by atoms with van der Waals surface area (Å²) in [6.07, 6.45) is 3.58. The Labute approximate surface area is 141 Å². The Balaban J connectivity index is 1.79. The fraction of sp³-hybridized carbons (Fsp3) is 0.438. The Morgan fingerprint density at radius 1 is 1.46 bits per heavy atom. The van der Waals surface area contributed by atoms with Gasteiger partial charge in [-0.25, -0.2) is 0 Å². The summed E-state index contributed by atoms with van der Waals surface area (Å²) in [4.78, 5) is 17.5. The molecule has 126 valence electrons. The Bertz CT molecular complexity index is 732. The molecular weight excluding hydrogens is 307 g/mol. The summed E-state index contributed by atoms with van der Waals surface area (Å²) < 4.78 is 0. The zero-order valence-electron chi connectivity index (χ0n) is 13.7. The maximum atomic E-state index is 11.5. The third-order valence-electron chi connectivity index (χ3n) is 4.55. The van der Waals surface area contributed by atoms with Crippen molar-refractivity contribution in [1.82, 2.24) is 10.2 Å². The van der Waals surface area contributed by atoms with Crippen molar-refractivity contribution in [2.75, 3.05) is 24.5 Å². The van der Waals surface area contributed by atoms with Crippen LogP contribution < -0.4 is 10.1 Å². The van der Waals surface area contributed by atoms with Crippen LogP contribution in [0, 0.1) is 16.0 Å². The first-order valence-corrected chi connectivity index (χ1v) is 8.24. The minimum absolute atomic E-state index is 0.135. The molecule has 1 aliphatic heterocycles. The lowest BCUT2D eigenvalue weighted by Gasteiger charge is -2.33. The summed E-state index contributed by atoms with van der Waals surface area (Å²) in [6.45, 7) is 4.02. The number of nitro groups is 1. The van der Waals surface area contributed by atoms with Gasteiger partial charge < -0.3 is 15.2 Å². The van der Waals surface area contributed by atoms with E-state index >= 15 is 0 Å². The third-order valence-corrected chi connectivity index (χ3v) is 4.55. The quantitative estimate of drug-likeness (QED) is 0.496. The van der Waals surface area contributed by atoms with Crippen molar-refractivity contribution in [2.45, 2.75) is 19.7 Å². The van der Waals surface area contributed by atoms with Crippen molar-refractivity contribution in [3.05, 3.63) is 40.6 Å². The lowest BCUT2D eigenvalue weighted by atomic mass is 9.86. The molecule has 0 amide bonds. The average Bonchev–Trinajstić information content (AvgIpc) is 2.59. The van der Waals surface area contributed by atoms with Gasteiger partial charge in [-0.3, -0.25) is 15.1 Å². The lowest BCUT2D eigenvalue weighted by molar-refractivity contribution is -0.384. The maximum Gasteiger partial charge on any atom is 0.373 e. The van der Waals surface area contributed by atoms with Gasteiger partial charge in [0.2, 0.25) is 0 Å². The summed E-state index contributed by atoms with van der Waals surface area (Å²) in [5, 5.41) is 24.6. The van der Waals surface area contributed by atoms with Crippen LogP contribution in [0.2, 0.25) is 6.82 Å². The predicted molar refractivity (Wildman–Crippen MR) is 95.2 cm³/mol. The van der Waals surface area contributed by atoms with Crippen LogP contribution in [0.25, 0.3) is 10.9 Å². The van der Waals surface area contributed by atoms with Gasteiger partial charge in [-0.1, -0.05) is 6.07 Å². The summed E-state index contributed by atoms with van der Waals surface area (Å²) >= 11 is 0. The summed E-state index contributed by atoms with van der Waals surface area (Å²) in [7, 11) is -0.504. The van der Waals surface area contributed by atoms with E-state index in [2.05, 4.69) is 15.1 Å². The van der Waals surface area contributed by atoms with Crippen LogP contribution in [0.1, 0.15) is 12.8 Å². The van der Waals surface area contributed by atoms with E-state index in [1.165, 1.54) is 0 Å². The maximum absolute atomic E-state index is 11.5. The molecule has 0 spiro atoms. The Morgan fingerprint density at radius 3 is 2.88 bits per heavy atom. The second-order valence-electron chi connectivity index (χ2n) is 6.31. The van der Waals surface area contributed by atoms with Crippen LogP contribution in [-0.4, -0.2) is 41.6 Å². The van der Waals surface area contributed by atoms with Crippen LogP contribution in [0.5, 0.6) is 0 Å². The number of anilines is 1. The van der Waals surface area contributed by atoms with E-state index in [0.717, 1.165) is 43.4 Å². The van der Waals surface area contributed by atoms with Gasteiger partial charge in [0.05, 0.1) is 10.4 Å². The standard InChI is InChI=1S/C16H21BN4O3/c1-17(22)19-11-12-4-7-20(8-5-12)15-10-14-13(3-2-6-18-14)9-16(15)21(23)24/h2-3,6,9-10,12,19,22H,4-5,7-8,11H2,1H3. The number of nitro benzene ring substituents is 1. The molecule has 0 atom stereocenters. The van der Waals surface area contributed by atoms with E-state index in [1.807, 2.05) is 12.1 Å². The first-order chi connectivity index (χ1) is 11.5. The molecule has 1 aliphatic rings. The number of nitrogens with zero attached hydrogens (tertiary/aromatic N) is 3. The molecule has 1 saturated heterocycles. The fourth-order valence-corrected chi connectivity index (χ4v) is 3.21. The number of hydrogen-bond acceptors (Lipinski definition) is 6.